The zero-order valence-electron chi connectivity index (χ0n) is 14.9. The van der Waals surface area contributed by atoms with Crippen LogP contribution in [-0.2, 0) is 16.1 Å². The summed E-state index contributed by atoms with van der Waals surface area (Å²) < 4.78 is 4.63. The van der Waals surface area contributed by atoms with E-state index in [1.54, 1.807) is 9.80 Å². The summed E-state index contributed by atoms with van der Waals surface area (Å²) in [5, 5.41) is 0. The monoisotopic (exact) mass is 353 g/mol. The molecule has 0 unspecified atom stereocenters. The van der Waals surface area contributed by atoms with E-state index in [1.807, 2.05) is 48.5 Å². The number of carbonyl (C=O) groups is 2. The van der Waals surface area contributed by atoms with Crippen LogP contribution in [0.4, 0.5) is 10.5 Å². The van der Waals surface area contributed by atoms with Gasteiger partial charge in [0, 0.05) is 31.9 Å². The first-order valence-corrected chi connectivity index (χ1v) is 8.65. The van der Waals surface area contributed by atoms with Gasteiger partial charge >= 0.3 is 12.0 Å². The Balaban J connectivity index is 1.66. The van der Waals surface area contributed by atoms with E-state index in [4.69, 9.17) is 5.73 Å². The molecule has 0 aromatic heterocycles. The quantitative estimate of drug-likeness (QED) is 0.810. The molecular weight excluding hydrogens is 330 g/mol. The number of nitrogens with zero attached hydrogens (tertiary/aromatic N) is 2. The van der Waals surface area contributed by atoms with Crippen molar-refractivity contribution in [3.05, 3.63) is 54.1 Å². The number of amides is 2. The van der Waals surface area contributed by atoms with Gasteiger partial charge in [-0.05, 0) is 28.8 Å². The lowest BCUT2D eigenvalue weighted by Gasteiger charge is -2.18. The van der Waals surface area contributed by atoms with Gasteiger partial charge < -0.3 is 15.4 Å². The number of methoxy groups -OCH3 is 1. The fourth-order valence-electron chi connectivity index (χ4n) is 3.03. The molecule has 1 saturated heterocycles. The number of rotatable bonds is 6. The normalized spacial score (nSPS) is 14.0. The summed E-state index contributed by atoms with van der Waals surface area (Å²) in [6.45, 7) is 2.14. The van der Waals surface area contributed by atoms with E-state index < -0.39 is 0 Å². The highest BCUT2D eigenvalue weighted by atomic mass is 16.5. The Labute approximate surface area is 153 Å². The number of esters is 1. The Hall–Kier alpha value is -2.86. The van der Waals surface area contributed by atoms with Gasteiger partial charge in [0.1, 0.15) is 0 Å². The number of hydrogen-bond acceptors (Lipinski definition) is 4. The second-order valence-electron chi connectivity index (χ2n) is 6.20. The fraction of sp³-hybridized carbons (Fsp3) is 0.300. The average molecular weight is 353 g/mol. The van der Waals surface area contributed by atoms with Crippen LogP contribution in [0, 0.1) is 0 Å². The lowest BCUT2D eigenvalue weighted by atomic mass is 10.0. The molecule has 26 heavy (non-hydrogen) atoms. The van der Waals surface area contributed by atoms with E-state index in [2.05, 4.69) is 4.74 Å². The zero-order chi connectivity index (χ0) is 18.5. The molecule has 1 aliphatic heterocycles. The molecule has 136 valence electrons. The summed E-state index contributed by atoms with van der Waals surface area (Å²) in [7, 11) is 1.35. The number of urea groups is 1. The molecule has 6 nitrogen and oxygen atoms in total. The van der Waals surface area contributed by atoms with Crippen molar-refractivity contribution in [2.24, 2.45) is 5.73 Å². The maximum absolute atomic E-state index is 12.5. The van der Waals surface area contributed by atoms with Crippen LogP contribution in [0.3, 0.4) is 0 Å². The van der Waals surface area contributed by atoms with Gasteiger partial charge in [-0.2, -0.15) is 0 Å². The van der Waals surface area contributed by atoms with Gasteiger partial charge in [0.25, 0.3) is 0 Å². The highest BCUT2D eigenvalue weighted by Crippen LogP contribution is 2.26. The lowest BCUT2D eigenvalue weighted by molar-refractivity contribution is -0.140. The maximum atomic E-state index is 12.5. The van der Waals surface area contributed by atoms with E-state index in [0.717, 1.165) is 22.4 Å². The topological polar surface area (TPSA) is 75.9 Å². The van der Waals surface area contributed by atoms with Gasteiger partial charge in [0.15, 0.2) is 0 Å². The minimum atomic E-state index is -0.304. The minimum absolute atomic E-state index is 0.0750. The van der Waals surface area contributed by atoms with Crippen LogP contribution in [0.5, 0.6) is 0 Å². The van der Waals surface area contributed by atoms with Gasteiger partial charge in [0.05, 0.1) is 13.5 Å². The molecule has 0 radical (unpaired) electrons. The summed E-state index contributed by atoms with van der Waals surface area (Å²) in [5.74, 6) is -0.304. The number of carbonyl (C=O) groups excluding carboxylic acids is 2. The van der Waals surface area contributed by atoms with Gasteiger partial charge in [-0.25, -0.2) is 4.79 Å². The molecule has 0 saturated carbocycles. The van der Waals surface area contributed by atoms with Crippen LogP contribution in [0.15, 0.2) is 48.5 Å². The Morgan fingerprint density at radius 1 is 1.04 bits per heavy atom. The van der Waals surface area contributed by atoms with Crippen molar-refractivity contribution in [1.82, 2.24) is 4.90 Å². The summed E-state index contributed by atoms with van der Waals surface area (Å²) in [6, 6.07) is 16.0. The van der Waals surface area contributed by atoms with Gasteiger partial charge in [-0.15, -0.1) is 0 Å². The molecule has 1 fully saturated rings. The number of benzene rings is 2. The molecule has 2 N–H and O–H groups in total. The third kappa shape index (κ3) is 3.86. The fourth-order valence-corrected chi connectivity index (χ4v) is 3.03. The van der Waals surface area contributed by atoms with Crippen LogP contribution in [0.2, 0.25) is 0 Å². The first kappa shape index (κ1) is 17.9. The number of anilines is 1. The van der Waals surface area contributed by atoms with Crippen molar-refractivity contribution in [3.63, 3.8) is 0 Å². The number of nitrogens with two attached hydrogens (primary N) is 1. The van der Waals surface area contributed by atoms with Crippen LogP contribution >= 0.6 is 0 Å². The molecule has 1 aliphatic rings. The van der Waals surface area contributed by atoms with Gasteiger partial charge in [0.2, 0.25) is 0 Å². The molecule has 2 aromatic rings. The number of ether oxygens (including phenoxy) is 1. The Morgan fingerprint density at radius 3 is 2.23 bits per heavy atom. The van der Waals surface area contributed by atoms with Crippen molar-refractivity contribution in [2.75, 3.05) is 31.6 Å². The smallest absolute Gasteiger partial charge is 0.324 e. The molecule has 0 aliphatic carbocycles. The lowest BCUT2D eigenvalue weighted by Crippen LogP contribution is -2.33. The van der Waals surface area contributed by atoms with E-state index in [0.29, 0.717) is 26.2 Å². The third-order valence-corrected chi connectivity index (χ3v) is 4.61. The Morgan fingerprint density at radius 2 is 1.65 bits per heavy atom. The molecular formula is C20H23N3O3. The second-order valence-corrected chi connectivity index (χ2v) is 6.20. The standard InChI is InChI=1S/C20H23N3O3/c1-26-19(24)10-11-22-12-13-23(20(22)25)18-8-6-17(7-9-18)16-4-2-15(14-21)3-5-16/h2-9H,10-14,21H2,1H3. The minimum Gasteiger partial charge on any atom is -0.469 e. The summed E-state index contributed by atoms with van der Waals surface area (Å²) in [6.07, 6.45) is 0.216. The Kier molecular flexibility index (Phi) is 5.53. The second kappa shape index (κ2) is 8.01. The Bertz CT molecular complexity index is 772. The molecule has 0 atom stereocenters. The van der Waals surface area contributed by atoms with Crippen molar-refractivity contribution in [2.45, 2.75) is 13.0 Å². The van der Waals surface area contributed by atoms with E-state index in [1.165, 1.54) is 7.11 Å². The first-order chi connectivity index (χ1) is 12.6. The maximum Gasteiger partial charge on any atom is 0.324 e. The summed E-state index contributed by atoms with van der Waals surface area (Å²) in [4.78, 5) is 27.2. The predicted octanol–water partition coefficient (Wildman–Crippen LogP) is 2.62. The highest BCUT2D eigenvalue weighted by Gasteiger charge is 2.29. The summed E-state index contributed by atoms with van der Waals surface area (Å²) >= 11 is 0. The van der Waals surface area contributed by atoms with Crippen molar-refractivity contribution in [1.29, 1.82) is 0 Å². The van der Waals surface area contributed by atoms with Gasteiger partial charge in [-0.1, -0.05) is 36.4 Å². The molecule has 3 rings (SSSR count). The highest BCUT2D eigenvalue weighted by molar-refractivity contribution is 5.94. The number of hydrogen-bond donors (Lipinski definition) is 1. The van der Waals surface area contributed by atoms with Crippen molar-refractivity contribution < 1.29 is 14.3 Å². The summed E-state index contributed by atoms with van der Waals surface area (Å²) in [5.41, 5.74) is 9.79. The van der Waals surface area contributed by atoms with Crippen LogP contribution in [-0.4, -0.2) is 43.6 Å². The predicted molar refractivity (Wildman–Crippen MR) is 101 cm³/mol. The van der Waals surface area contributed by atoms with Crippen molar-refractivity contribution >= 4 is 17.7 Å². The average Bonchev–Trinajstić information content (AvgIpc) is 3.06. The molecule has 6 heteroatoms. The van der Waals surface area contributed by atoms with Crippen LogP contribution in [0.25, 0.3) is 11.1 Å². The molecule has 1 heterocycles. The van der Waals surface area contributed by atoms with Crippen LogP contribution in [0.1, 0.15) is 12.0 Å². The third-order valence-electron chi connectivity index (χ3n) is 4.61. The van der Waals surface area contributed by atoms with Crippen molar-refractivity contribution in [3.8, 4) is 11.1 Å². The molecule has 0 spiro atoms. The first-order valence-electron chi connectivity index (χ1n) is 8.65. The van der Waals surface area contributed by atoms with E-state index in [9.17, 15) is 9.59 Å². The largest absolute Gasteiger partial charge is 0.469 e. The SMILES string of the molecule is COC(=O)CCN1CCN(c2ccc(-c3ccc(CN)cc3)cc2)C1=O. The molecule has 2 aromatic carbocycles. The van der Waals surface area contributed by atoms with Crippen LogP contribution < -0.4 is 10.6 Å². The van der Waals surface area contributed by atoms with Gasteiger partial charge in [-0.3, -0.25) is 9.69 Å². The van der Waals surface area contributed by atoms with E-state index in [-0.39, 0.29) is 18.4 Å². The molecule has 2 amide bonds. The molecule has 0 bridgehead atoms. The zero-order valence-corrected chi connectivity index (χ0v) is 14.9. The van der Waals surface area contributed by atoms with E-state index >= 15 is 0 Å².